The zero-order valence-electron chi connectivity index (χ0n) is 15.4. The van der Waals surface area contributed by atoms with Crippen LogP contribution in [0.3, 0.4) is 0 Å². The maximum Gasteiger partial charge on any atom is 0.255 e. The van der Waals surface area contributed by atoms with E-state index in [1.165, 1.54) is 0 Å². The highest BCUT2D eigenvalue weighted by Crippen LogP contribution is 2.36. The lowest BCUT2D eigenvalue weighted by Gasteiger charge is -2.31. The summed E-state index contributed by atoms with van der Waals surface area (Å²) in [5.74, 6) is 0.461. The van der Waals surface area contributed by atoms with Crippen LogP contribution >= 0.6 is 11.3 Å². The number of amides is 1. The molecule has 1 aliphatic rings. The Bertz CT molecular complexity index is 931. The van der Waals surface area contributed by atoms with E-state index >= 15 is 0 Å². The van der Waals surface area contributed by atoms with Crippen LogP contribution in [-0.4, -0.2) is 43.8 Å². The van der Waals surface area contributed by atoms with Crippen LogP contribution in [-0.2, 0) is 0 Å². The summed E-state index contributed by atoms with van der Waals surface area (Å²) in [7, 11) is 0. The van der Waals surface area contributed by atoms with Gasteiger partial charge >= 0.3 is 0 Å². The monoisotopic (exact) mass is 379 g/mol. The van der Waals surface area contributed by atoms with Crippen LogP contribution < -0.4 is 0 Å². The van der Waals surface area contributed by atoms with Gasteiger partial charge in [0.25, 0.3) is 5.91 Å². The smallest absolute Gasteiger partial charge is 0.255 e. The van der Waals surface area contributed by atoms with Crippen molar-refractivity contribution < 1.29 is 4.79 Å². The highest BCUT2D eigenvalue weighted by atomic mass is 32.1. The number of carbonyl (C=O) groups excluding carboxylic acids is 1. The van der Waals surface area contributed by atoms with Crippen molar-refractivity contribution in [3.8, 4) is 10.6 Å². The Labute approximate surface area is 162 Å². The first-order chi connectivity index (χ1) is 13.1. The van der Waals surface area contributed by atoms with E-state index in [1.807, 2.05) is 36.9 Å². The molecule has 1 amide bonds. The van der Waals surface area contributed by atoms with E-state index in [0.29, 0.717) is 11.5 Å². The number of thiazole rings is 1. The zero-order chi connectivity index (χ0) is 18.8. The topological polar surface area (TPSA) is 71.9 Å². The summed E-state index contributed by atoms with van der Waals surface area (Å²) in [6.07, 6.45) is 6.85. The molecule has 0 saturated carbocycles. The lowest BCUT2D eigenvalue weighted by molar-refractivity contribution is 0.0712. The molecule has 0 atom stereocenters. The average Bonchev–Trinajstić information content (AvgIpc) is 3.10. The van der Waals surface area contributed by atoms with Crippen molar-refractivity contribution in [2.75, 3.05) is 13.1 Å². The molecule has 27 heavy (non-hydrogen) atoms. The van der Waals surface area contributed by atoms with Gasteiger partial charge in [0.05, 0.1) is 26.8 Å². The van der Waals surface area contributed by atoms with Crippen molar-refractivity contribution in [1.82, 2.24) is 24.8 Å². The lowest BCUT2D eigenvalue weighted by atomic mass is 9.97. The second-order valence-corrected chi connectivity index (χ2v) is 7.85. The minimum atomic E-state index is 0.0675. The SMILES string of the molecule is Cc1ccc(C(=O)N2CCC(c3nc(C)c(-c4ccncn4)s3)CC2)cn1. The predicted octanol–water partition coefficient (Wildman–Crippen LogP) is 3.63. The Balaban J connectivity index is 1.44. The highest BCUT2D eigenvalue weighted by molar-refractivity contribution is 7.15. The summed E-state index contributed by atoms with van der Waals surface area (Å²) >= 11 is 1.71. The molecule has 0 aromatic carbocycles. The van der Waals surface area contributed by atoms with E-state index in [4.69, 9.17) is 4.98 Å². The number of nitrogens with zero attached hydrogens (tertiary/aromatic N) is 5. The average molecular weight is 379 g/mol. The molecule has 138 valence electrons. The molecule has 0 N–H and O–H groups in total. The molecule has 0 bridgehead atoms. The van der Waals surface area contributed by atoms with Crippen LogP contribution in [0.15, 0.2) is 36.9 Å². The van der Waals surface area contributed by atoms with E-state index < -0.39 is 0 Å². The summed E-state index contributed by atoms with van der Waals surface area (Å²) in [6, 6.07) is 5.66. The number of piperidine rings is 1. The number of pyridine rings is 1. The van der Waals surface area contributed by atoms with Gasteiger partial charge in [0.15, 0.2) is 0 Å². The van der Waals surface area contributed by atoms with Crippen LogP contribution in [0.25, 0.3) is 10.6 Å². The Morgan fingerprint density at radius 1 is 1.15 bits per heavy atom. The van der Waals surface area contributed by atoms with Gasteiger partial charge in [0.1, 0.15) is 6.33 Å². The van der Waals surface area contributed by atoms with Crippen molar-refractivity contribution in [2.45, 2.75) is 32.6 Å². The molecule has 4 heterocycles. The first kappa shape index (κ1) is 17.7. The van der Waals surface area contributed by atoms with Crippen LogP contribution in [0.5, 0.6) is 0 Å². The van der Waals surface area contributed by atoms with Crippen LogP contribution in [0, 0.1) is 13.8 Å². The molecule has 0 spiro atoms. The fourth-order valence-corrected chi connectivity index (χ4v) is 4.57. The van der Waals surface area contributed by atoms with Crippen LogP contribution in [0.1, 0.15) is 45.5 Å². The van der Waals surface area contributed by atoms with Crippen LogP contribution in [0.2, 0.25) is 0 Å². The number of aromatic nitrogens is 4. The van der Waals surface area contributed by atoms with Gasteiger partial charge in [0, 0.05) is 37.1 Å². The largest absolute Gasteiger partial charge is 0.339 e. The van der Waals surface area contributed by atoms with Gasteiger partial charge in [-0.15, -0.1) is 11.3 Å². The first-order valence-corrected chi connectivity index (χ1v) is 9.89. The first-order valence-electron chi connectivity index (χ1n) is 9.07. The second-order valence-electron chi connectivity index (χ2n) is 6.82. The lowest BCUT2D eigenvalue weighted by Crippen LogP contribution is -2.38. The van der Waals surface area contributed by atoms with Gasteiger partial charge in [-0.3, -0.25) is 9.78 Å². The number of aryl methyl sites for hydroxylation is 2. The fourth-order valence-electron chi connectivity index (χ4n) is 3.36. The van der Waals surface area contributed by atoms with Gasteiger partial charge in [-0.05, 0) is 44.9 Å². The number of hydrogen-bond acceptors (Lipinski definition) is 6. The van der Waals surface area contributed by atoms with Crippen molar-refractivity contribution in [1.29, 1.82) is 0 Å². The summed E-state index contributed by atoms with van der Waals surface area (Å²) in [6.45, 7) is 5.45. The van der Waals surface area contributed by atoms with Gasteiger partial charge in [-0.2, -0.15) is 0 Å². The third kappa shape index (κ3) is 3.73. The molecular weight excluding hydrogens is 358 g/mol. The molecule has 6 nitrogen and oxygen atoms in total. The third-order valence-corrected chi connectivity index (χ3v) is 6.26. The normalized spacial score (nSPS) is 15.1. The molecule has 7 heteroatoms. The number of likely N-dealkylation sites (tertiary alicyclic amines) is 1. The Kier molecular flexibility index (Phi) is 4.94. The van der Waals surface area contributed by atoms with E-state index in [9.17, 15) is 4.79 Å². The van der Waals surface area contributed by atoms with Gasteiger partial charge in [-0.1, -0.05) is 0 Å². The van der Waals surface area contributed by atoms with E-state index in [0.717, 1.165) is 52.9 Å². The molecule has 0 aliphatic carbocycles. The number of rotatable bonds is 3. The molecule has 1 saturated heterocycles. The Morgan fingerprint density at radius 3 is 2.63 bits per heavy atom. The zero-order valence-corrected chi connectivity index (χ0v) is 16.2. The number of carbonyl (C=O) groups is 1. The molecule has 0 unspecified atom stereocenters. The van der Waals surface area contributed by atoms with E-state index in [1.54, 1.807) is 30.1 Å². The molecule has 4 rings (SSSR count). The van der Waals surface area contributed by atoms with Crippen molar-refractivity contribution in [3.63, 3.8) is 0 Å². The maximum absolute atomic E-state index is 12.7. The Hall–Kier alpha value is -2.67. The number of hydrogen-bond donors (Lipinski definition) is 0. The summed E-state index contributed by atoms with van der Waals surface area (Å²) in [5, 5.41) is 1.14. The summed E-state index contributed by atoms with van der Waals surface area (Å²) < 4.78 is 0. The molecule has 3 aromatic heterocycles. The third-order valence-electron chi connectivity index (χ3n) is 4.92. The fraction of sp³-hybridized carbons (Fsp3) is 0.350. The van der Waals surface area contributed by atoms with Gasteiger partial charge in [-0.25, -0.2) is 15.0 Å². The molecule has 1 fully saturated rings. The van der Waals surface area contributed by atoms with Gasteiger partial charge in [0.2, 0.25) is 0 Å². The van der Waals surface area contributed by atoms with E-state index in [-0.39, 0.29) is 5.91 Å². The predicted molar refractivity (Wildman–Crippen MR) is 105 cm³/mol. The quantitative estimate of drug-likeness (QED) is 0.695. The minimum absolute atomic E-state index is 0.0675. The van der Waals surface area contributed by atoms with Crippen molar-refractivity contribution in [3.05, 3.63) is 58.9 Å². The van der Waals surface area contributed by atoms with Gasteiger partial charge < -0.3 is 4.90 Å². The Morgan fingerprint density at radius 2 is 1.96 bits per heavy atom. The van der Waals surface area contributed by atoms with E-state index in [2.05, 4.69) is 15.0 Å². The van der Waals surface area contributed by atoms with Crippen LogP contribution in [0.4, 0.5) is 0 Å². The standard InChI is InChI=1S/C20H21N5OS/c1-13-3-4-16(11-22-13)20(26)25-9-6-15(7-10-25)19-24-14(2)18(27-19)17-5-8-21-12-23-17/h3-5,8,11-12,15H,6-7,9-10H2,1-2H3. The molecular formula is C20H21N5OS. The summed E-state index contributed by atoms with van der Waals surface area (Å²) in [5.41, 5.74) is 3.52. The molecule has 3 aromatic rings. The second kappa shape index (κ2) is 7.52. The minimum Gasteiger partial charge on any atom is -0.339 e. The van der Waals surface area contributed by atoms with Crippen molar-refractivity contribution in [2.24, 2.45) is 0 Å². The maximum atomic E-state index is 12.7. The summed E-state index contributed by atoms with van der Waals surface area (Å²) in [4.78, 5) is 33.0. The molecule has 0 radical (unpaired) electrons. The molecule has 1 aliphatic heterocycles. The highest BCUT2D eigenvalue weighted by Gasteiger charge is 2.27. The van der Waals surface area contributed by atoms with Crippen molar-refractivity contribution >= 4 is 17.2 Å².